The van der Waals surface area contributed by atoms with Gasteiger partial charge in [-0.1, -0.05) is 114 Å². The van der Waals surface area contributed by atoms with E-state index in [0.29, 0.717) is 6.42 Å². The molecule has 0 spiro atoms. The van der Waals surface area contributed by atoms with E-state index in [1.54, 1.807) is 0 Å². The van der Waals surface area contributed by atoms with Gasteiger partial charge in [0.15, 0.2) is 0 Å². The molecule has 1 aliphatic heterocycles. The lowest BCUT2D eigenvalue weighted by Crippen LogP contribution is -2.46. The van der Waals surface area contributed by atoms with E-state index in [2.05, 4.69) is 17.1 Å². The molecule has 33 heavy (non-hydrogen) atoms. The lowest BCUT2D eigenvalue weighted by molar-refractivity contribution is -0.123. The van der Waals surface area contributed by atoms with Crippen molar-refractivity contribution in [3.63, 3.8) is 0 Å². The number of aliphatic hydroxyl groups excluding tert-OH is 1. The van der Waals surface area contributed by atoms with E-state index in [0.717, 1.165) is 38.0 Å². The summed E-state index contributed by atoms with van der Waals surface area (Å²) >= 11 is 0. The number of amides is 1. The molecule has 2 atom stereocenters. The van der Waals surface area contributed by atoms with Crippen molar-refractivity contribution in [3.05, 3.63) is 35.9 Å². The van der Waals surface area contributed by atoms with Gasteiger partial charge >= 0.3 is 0 Å². The molecular formula is C29H50N2O2. The number of unbranched alkanes of at least 4 members (excludes halogenated alkanes) is 12. The summed E-state index contributed by atoms with van der Waals surface area (Å²) in [4.78, 5) is 15.0. The van der Waals surface area contributed by atoms with Gasteiger partial charge in [-0.15, -0.1) is 0 Å². The highest BCUT2D eigenvalue weighted by Crippen LogP contribution is 2.20. The van der Waals surface area contributed by atoms with Crippen molar-refractivity contribution in [3.8, 4) is 0 Å². The number of hydrogen-bond donors (Lipinski definition) is 2. The fourth-order valence-corrected chi connectivity index (χ4v) is 4.93. The van der Waals surface area contributed by atoms with E-state index >= 15 is 0 Å². The topological polar surface area (TPSA) is 52.6 Å². The summed E-state index contributed by atoms with van der Waals surface area (Å²) in [6.45, 7) is 5.12. The first kappa shape index (κ1) is 27.9. The monoisotopic (exact) mass is 458 g/mol. The number of nitrogens with one attached hydrogen (secondary N) is 1. The van der Waals surface area contributed by atoms with E-state index in [4.69, 9.17) is 0 Å². The first-order valence-electron chi connectivity index (χ1n) is 14.0. The van der Waals surface area contributed by atoms with Gasteiger partial charge in [0, 0.05) is 13.0 Å². The molecule has 2 rings (SSSR count). The molecule has 0 bridgehead atoms. The molecule has 0 saturated carbocycles. The normalized spacial score (nSPS) is 16.1. The van der Waals surface area contributed by atoms with Crippen molar-refractivity contribution in [2.75, 3.05) is 19.6 Å². The Balaban J connectivity index is 1.56. The van der Waals surface area contributed by atoms with Crippen LogP contribution < -0.4 is 5.32 Å². The second-order valence-corrected chi connectivity index (χ2v) is 10.0. The first-order chi connectivity index (χ1) is 16.2. The predicted molar refractivity (Wildman–Crippen MR) is 139 cm³/mol. The molecule has 1 aromatic carbocycles. The number of likely N-dealkylation sites (tertiary alicyclic amines) is 1. The molecule has 188 valence electrons. The molecule has 1 aromatic rings. The lowest BCUT2D eigenvalue weighted by Gasteiger charge is -2.28. The summed E-state index contributed by atoms with van der Waals surface area (Å²) in [5, 5.41) is 14.1. The van der Waals surface area contributed by atoms with Crippen molar-refractivity contribution in [1.82, 2.24) is 10.2 Å². The molecule has 4 heteroatoms. The Hall–Kier alpha value is -1.39. The maximum Gasteiger partial charge on any atom is 0.220 e. The molecular weight excluding hydrogens is 408 g/mol. The molecule has 2 N–H and O–H groups in total. The second-order valence-electron chi connectivity index (χ2n) is 10.0. The summed E-state index contributed by atoms with van der Waals surface area (Å²) in [5.41, 5.74) is 0.878. The Bertz CT molecular complexity index is 601. The summed E-state index contributed by atoms with van der Waals surface area (Å²) in [6, 6.07) is 9.49. The van der Waals surface area contributed by atoms with Crippen LogP contribution in [0.15, 0.2) is 30.3 Å². The Labute approximate surface area is 203 Å². The summed E-state index contributed by atoms with van der Waals surface area (Å²) < 4.78 is 0. The van der Waals surface area contributed by atoms with Gasteiger partial charge < -0.3 is 15.3 Å². The van der Waals surface area contributed by atoms with Gasteiger partial charge in [0.1, 0.15) is 6.10 Å². The van der Waals surface area contributed by atoms with Gasteiger partial charge in [0.2, 0.25) is 5.91 Å². The van der Waals surface area contributed by atoms with Gasteiger partial charge in [0.25, 0.3) is 0 Å². The Morgan fingerprint density at radius 3 is 1.91 bits per heavy atom. The van der Waals surface area contributed by atoms with Crippen LogP contribution in [0, 0.1) is 0 Å². The van der Waals surface area contributed by atoms with E-state index in [1.165, 1.54) is 83.5 Å². The maximum atomic E-state index is 12.6. The SMILES string of the molecule is CCCCCCCCCCCCCCCC(=O)N[C@H](CN1CCCC1)[C@@H](O)c1ccccc1. The minimum atomic E-state index is -0.664. The van der Waals surface area contributed by atoms with Gasteiger partial charge in [-0.2, -0.15) is 0 Å². The predicted octanol–water partition coefficient (Wildman–Crippen LogP) is 6.78. The van der Waals surface area contributed by atoms with Crippen LogP contribution in [0.3, 0.4) is 0 Å². The largest absolute Gasteiger partial charge is 0.386 e. The number of carbonyl (C=O) groups is 1. The van der Waals surface area contributed by atoms with Crippen molar-refractivity contribution in [2.24, 2.45) is 0 Å². The molecule has 1 amide bonds. The van der Waals surface area contributed by atoms with Crippen molar-refractivity contribution < 1.29 is 9.90 Å². The number of benzene rings is 1. The Morgan fingerprint density at radius 2 is 1.36 bits per heavy atom. The highest BCUT2D eigenvalue weighted by Gasteiger charge is 2.26. The number of aliphatic hydroxyl groups is 1. The van der Waals surface area contributed by atoms with Crippen LogP contribution in [0.2, 0.25) is 0 Å². The van der Waals surface area contributed by atoms with Crippen LogP contribution in [0.1, 0.15) is 121 Å². The lowest BCUT2D eigenvalue weighted by atomic mass is 10.0. The van der Waals surface area contributed by atoms with Crippen molar-refractivity contribution in [2.45, 2.75) is 122 Å². The molecule has 1 fully saturated rings. The Morgan fingerprint density at radius 1 is 0.848 bits per heavy atom. The third-order valence-corrected chi connectivity index (χ3v) is 7.03. The average Bonchev–Trinajstić information content (AvgIpc) is 3.35. The van der Waals surface area contributed by atoms with E-state index in [-0.39, 0.29) is 11.9 Å². The van der Waals surface area contributed by atoms with Crippen LogP contribution in [-0.2, 0) is 4.79 Å². The molecule has 1 aliphatic rings. The number of hydrogen-bond acceptors (Lipinski definition) is 3. The summed E-state index contributed by atoms with van der Waals surface area (Å²) in [7, 11) is 0. The molecule has 0 radical (unpaired) electrons. The summed E-state index contributed by atoms with van der Waals surface area (Å²) in [6.07, 6.45) is 19.4. The fraction of sp³-hybridized carbons (Fsp3) is 0.759. The fourth-order valence-electron chi connectivity index (χ4n) is 4.93. The van der Waals surface area contributed by atoms with Crippen LogP contribution in [-0.4, -0.2) is 41.6 Å². The third-order valence-electron chi connectivity index (χ3n) is 7.03. The highest BCUT2D eigenvalue weighted by atomic mass is 16.3. The molecule has 0 unspecified atom stereocenters. The standard InChI is InChI=1S/C29H50N2O2/c1-2-3-4-5-6-7-8-9-10-11-12-13-17-22-28(32)30-27(25-31-23-18-19-24-31)29(33)26-20-15-14-16-21-26/h14-16,20-21,27,29,33H,2-13,17-19,22-25H2,1H3,(H,30,32)/t27-,29+/m1/s1. The van der Waals surface area contributed by atoms with Gasteiger partial charge in [0.05, 0.1) is 6.04 Å². The van der Waals surface area contributed by atoms with Crippen LogP contribution >= 0.6 is 0 Å². The van der Waals surface area contributed by atoms with Gasteiger partial charge in [-0.05, 0) is 37.9 Å². The van der Waals surface area contributed by atoms with Crippen molar-refractivity contribution >= 4 is 5.91 Å². The van der Waals surface area contributed by atoms with Gasteiger partial charge in [-0.25, -0.2) is 0 Å². The third kappa shape index (κ3) is 12.6. The van der Waals surface area contributed by atoms with E-state index < -0.39 is 6.10 Å². The molecule has 4 nitrogen and oxygen atoms in total. The zero-order valence-corrected chi connectivity index (χ0v) is 21.3. The van der Waals surface area contributed by atoms with E-state index in [9.17, 15) is 9.90 Å². The van der Waals surface area contributed by atoms with E-state index in [1.807, 2.05) is 30.3 Å². The minimum Gasteiger partial charge on any atom is -0.386 e. The first-order valence-corrected chi connectivity index (χ1v) is 14.0. The number of rotatable bonds is 19. The van der Waals surface area contributed by atoms with Crippen LogP contribution in [0.4, 0.5) is 0 Å². The van der Waals surface area contributed by atoms with Crippen LogP contribution in [0.5, 0.6) is 0 Å². The summed E-state index contributed by atoms with van der Waals surface area (Å²) in [5.74, 6) is 0.0808. The Kier molecular flexibility index (Phi) is 15.2. The number of carbonyl (C=O) groups excluding carboxylic acids is 1. The second kappa shape index (κ2) is 18.0. The zero-order chi connectivity index (χ0) is 23.6. The zero-order valence-electron chi connectivity index (χ0n) is 21.3. The molecule has 1 heterocycles. The average molecular weight is 459 g/mol. The molecule has 0 aromatic heterocycles. The van der Waals surface area contributed by atoms with Crippen LogP contribution in [0.25, 0.3) is 0 Å². The highest BCUT2D eigenvalue weighted by molar-refractivity contribution is 5.76. The molecule has 1 saturated heterocycles. The minimum absolute atomic E-state index is 0.0808. The maximum absolute atomic E-state index is 12.6. The smallest absolute Gasteiger partial charge is 0.220 e. The number of nitrogens with zero attached hydrogens (tertiary/aromatic N) is 1. The quantitative estimate of drug-likeness (QED) is 0.225. The molecule has 0 aliphatic carbocycles. The van der Waals surface area contributed by atoms with Crippen molar-refractivity contribution in [1.29, 1.82) is 0 Å². The van der Waals surface area contributed by atoms with Gasteiger partial charge in [-0.3, -0.25) is 4.79 Å².